The van der Waals surface area contributed by atoms with E-state index >= 15 is 0 Å². The van der Waals surface area contributed by atoms with Gasteiger partial charge in [-0.05, 0) is 35.0 Å². The number of morpholine rings is 1. The number of hydrogen-bond acceptors (Lipinski definition) is 7. The van der Waals surface area contributed by atoms with Gasteiger partial charge in [0.15, 0.2) is 11.9 Å². The van der Waals surface area contributed by atoms with Crippen LogP contribution in [0.1, 0.15) is 23.2 Å². The number of amides is 2. The van der Waals surface area contributed by atoms with E-state index in [1.807, 2.05) is 35.2 Å². The van der Waals surface area contributed by atoms with Gasteiger partial charge in [-0.15, -0.1) is 0 Å². The molecule has 1 unspecified atom stereocenters. The Morgan fingerprint density at radius 2 is 1.76 bits per heavy atom. The molecular weight excluding hydrogens is 493 g/mol. The molecule has 0 saturated carbocycles. The molecule has 3 aromatic carbocycles. The molecule has 3 aromatic rings. The van der Waals surface area contributed by atoms with Crippen molar-refractivity contribution in [3.05, 3.63) is 77.3 Å². The summed E-state index contributed by atoms with van der Waals surface area (Å²) in [5.74, 6) is -1.38. The summed E-state index contributed by atoms with van der Waals surface area (Å²) in [6.07, 6.45) is -1.85. The number of benzene rings is 3. The Kier molecular flexibility index (Phi) is 7.64. The van der Waals surface area contributed by atoms with Gasteiger partial charge >= 0.3 is 12.0 Å². The van der Waals surface area contributed by atoms with Crippen LogP contribution in [0.3, 0.4) is 0 Å². The molecule has 10 heteroatoms. The molecule has 198 valence electrons. The third-order valence-corrected chi connectivity index (χ3v) is 6.84. The number of Topliss-reactive ketones (excluding diaryl/α,β-unsaturated/α-hetero) is 1. The van der Waals surface area contributed by atoms with E-state index in [4.69, 9.17) is 9.47 Å². The maximum absolute atomic E-state index is 14.8. The number of hydroxylamine groups is 2. The Bertz CT molecular complexity index is 1360. The molecule has 2 fully saturated rings. The largest absolute Gasteiger partial charge is 0.627 e. The molecule has 0 spiro atoms. The number of anilines is 2. The average molecular weight is 522 g/mol. The maximum Gasteiger partial charge on any atom is 0.414 e. The van der Waals surface area contributed by atoms with Crippen LogP contribution in [0.5, 0.6) is 0 Å². The molecule has 38 heavy (non-hydrogen) atoms. The standard InChI is InChI=1S/C28H28FN3O6/c29-24-16-22(7-8-25(24)30-11-13-37-14-12-30)31-17-23(38-28(31)35)18-32(36)27(34)10-9-26(33)21-6-5-19-3-1-2-4-20(19)15-21/h1-8,15-16,23,32H,9-14,17-18H2/t23-/m1/s1. The number of fused-ring (bicyclic) bond motifs is 1. The number of hydrogen-bond donors (Lipinski definition) is 1. The molecule has 2 aliphatic rings. The fourth-order valence-electron chi connectivity index (χ4n) is 4.76. The highest BCUT2D eigenvalue weighted by molar-refractivity contribution is 6.00. The summed E-state index contributed by atoms with van der Waals surface area (Å²) in [6.45, 7) is 1.92. The summed E-state index contributed by atoms with van der Waals surface area (Å²) in [5, 5.41) is 13.7. The SMILES string of the molecule is O=C(CCC(=O)[NH+]([O-])C[C@H]1CN(c2ccc(N3CCOCC3)c(F)c2)C(=O)O1)c1ccc2ccccc2c1. The average Bonchev–Trinajstić information content (AvgIpc) is 3.31. The topological polar surface area (TPSA) is 104 Å². The van der Waals surface area contributed by atoms with Gasteiger partial charge in [-0.25, -0.2) is 14.0 Å². The minimum atomic E-state index is -0.836. The van der Waals surface area contributed by atoms with Crippen molar-refractivity contribution in [2.24, 2.45) is 0 Å². The van der Waals surface area contributed by atoms with Gasteiger partial charge in [-0.1, -0.05) is 36.4 Å². The smallest absolute Gasteiger partial charge is 0.414 e. The number of ketones is 1. The first-order chi connectivity index (χ1) is 18.4. The van der Waals surface area contributed by atoms with Crippen molar-refractivity contribution in [2.45, 2.75) is 18.9 Å². The highest BCUT2D eigenvalue weighted by Gasteiger charge is 2.35. The first-order valence-corrected chi connectivity index (χ1v) is 12.6. The van der Waals surface area contributed by atoms with Gasteiger partial charge in [0.2, 0.25) is 0 Å². The first kappa shape index (κ1) is 25.8. The van der Waals surface area contributed by atoms with Gasteiger partial charge in [-0.2, -0.15) is 0 Å². The molecule has 0 bridgehead atoms. The van der Waals surface area contributed by atoms with E-state index in [9.17, 15) is 24.0 Å². The minimum Gasteiger partial charge on any atom is -0.627 e. The second-order valence-corrected chi connectivity index (χ2v) is 9.39. The monoisotopic (exact) mass is 521 g/mol. The van der Waals surface area contributed by atoms with Crippen molar-refractivity contribution in [3.63, 3.8) is 0 Å². The number of nitrogens with zero attached hydrogens (tertiary/aromatic N) is 2. The molecule has 2 amide bonds. The molecule has 0 radical (unpaired) electrons. The zero-order chi connectivity index (χ0) is 26.6. The molecule has 0 aromatic heterocycles. The number of rotatable bonds is 8. The first-order valence-electron chi connectivity index (χ1n) is 12.6. The normalized spacial score (nSPS) is 18.5. The van der Waals surface area contributed by atoms with Crippen molar-refractivity contribution in [1.29, 1.82) is 0 Å². The number of nitrogens with one attached hydrogen (secondary N) is 1. The lowest BCUT2D eigenvalue weighted by Gasteiger charge is -2.29. The summed E-state index contributed by atoms with van der Waals surface area (Å²) in [5.41, 5.74) is 1.23. The summed E-state index contributed by atoms with van der Waals surface area (Å²) < 4.78 is 25.4. The van der Waals surface area contributed by atoms with E-state index < -0.39 is 29.0 Å². The Hall–Kier alpha value is -3.86. The summed E-state index contributed by atoms with van der Waals surface area (Å²) in [7, 11) is 0. The zero-order valence-electron chi connectivity index (χ0n) is 20.7. The number of cyclic esters (lactones) is 1. The molecule has 2 aliphatic heterocycles. The van der Waals surface area contributed by atoms with Gasteiger partial charge in [-0.3, -0.25) is 9.69 Å². The molecule has 2 saturated heterocycles. The highest BCUT2D eigenvalue weighted by atomic mass is 19.1. The predicted octanol–water partition coefficient (Wildman–Crippen LogP) is 2.71. The van der Waals surface area contributed by atoms with E-state index in [0.29, 0.717) is 43.2 Å². The lowest BCUT2D eigenvalue weighted by molar-refractivity contribution is -0.769. The Labute approximate surface area is 218 Å². The number of halogens is 1. The number of carbonyl (C=O) groups excluding carboxylic acids is 3. The predicted molar refractivity (Wildman–Crippen MR) is 139 cm³/mol. The third kappa shape index (κ3) is 5.67. The van der Waals surface area contributed by atoms with E-state index in [1.54, 1.807) is 24.3 Å². The molecule has 0 aliphatic carbocycles. The van der Waals surface area contributed by atoms with E-state index in [1.165, 1.54) is 11.0 Å². The third-order valence-electron chi connectivity index (χ3n) is 6.84. The fraction of sp³-hybridized carbons (Fsp3) is 0.321. The van der Waals surface area contributed by atoms with Crippen LogP contribution in [0, 0.1) is 11.0 Å². The lowest BCUT2D eigenvalue weighted by Crippen LogP contribution is -3.11. The molecule has 5 rings (SSSR count). The van der Waals surface area contributed by atoms with Gasteiger partial charge in [0, 0.05) is 25.1 Å². The van der Waals surface area contributed by atoms with Crippen LogP contribution in [-0.2, 0) is 14.3 Å². The van der Waals surface area contributed by atoms with Gasteiger partial charge in [0.05, 0.1) is 37.6 Å². The maximum atomic E-state index is 14.8. The van der Waals surface area contributed by atoms with Crippen molar-refractivity contribution < 1.29 is 33.3 Å². The van der Waals surface area contributed by atoms with Crippen LogP contribution in [0.2, 0.25) is 0 Å². The van der Waals surface area contributed by atoms with Crippen LogP contribution in [0.4, 0.5) is 20.6 Å². The molecular formula is C28H28FN3O6. The highest BCUT2D eigenvalue weighted by Crippen LogP contribution is 2.28. The summed E-state index contributed by atoms with van der Waals surface area (Å²) >= 11 is 0. The zero-order valence-corrected chi connectivity index (χ0v) is 20.7. The van der Waals surface area contributed by atoms with Crippen molar-refractivity contribution in [2.75, 3.05) is 49.2 Å². The Morgan fingerprint density at radius 3 is 2.53 bits per heavy atom. The van der Waals surface area contributed by atoms with E-state index in [0.717, 1.165) is 10.8 Å². The quantitative estimate of drug-likeness (QED) is 0.359. The molecule has 2 heterocycles. The number of carbonyl (C=O) groups is 3. The van der Waals surface area contributed by atoms with Crippen molar-refractivity contribution >= 4 is 39.9 Å². The van der Waals surface area contributed by atoms with Crippen LogP contribution >= 0.6 is 0 Å². The second kappa shape index (κ2) is 11.3. The molecule has 1 N–H and O–H groups in total. The van der Waals surface area contributed by atoms with Gasteiger partial charge in [0.25, 0.3) is 0 Å². The second-order valence-electron chi connectivity index (χ2n) is 9.39. The van der Waals surface area contributed by atoms with Gasteiger partial charge in [0.1, 0.15) is 12.4 Å². The summed E-state index contributed by atoms with van der Waals surface area (Å²) in [4.78, 5) is 40.5. The van der Waals surface area contributed by atoms with Crippen molar-refractivity contribution in [1.82, 2.24) is 0 Å². The van der Waals surface area contributed by atoms with E-state index in [-0.39, 0.29) is 31.7 Å². The molecule has 9 nitrogen and oxygen atoms in total. The Balaban J connectivity index is 1.14. The van der Waals surface area contributed by atoms with Crippen LogP contribution in [-0.4, -0.2) is 63.3 Å². The van der Waals surface area contributed by atoms with Crippen LogP contribution < -0.4 is 14.9 Å². The minimum absolute atomic E-state index is 0.0181. The lowest BCUT2D eigenvalue weighted by atomic mass is 10.0. The van der Waals surface area contributed by atoms with Gasteiger partial charge < -0.3 is 24.6 Å². The van der Waals surface area contributed by atoms with Crippen molar-refractivity contribution in [3.8, 4) is 0 Å². The van der Waals surface area contributed by atoms with E-state index in [2.05, 4.69) is 0 Å². The fourth-order valence-corrected chi connectivity index (χ4v) is 4.76. The summed E-state index contributed by atoms with van der Waals surface area (Å²) in [6, 6.07) is 17.5. The van der Waals surface area contributed by atoms with Crippen LogP contribution in [0.25, 0.3) is 10.8 Å². The number of ether oxygens (including phenoxy) is 2. The number of quaternary nitrogens is 1. The van der Waals surface area contributed by atoms with Crippen LogP contribution in [0.15, 0.2) is 60.7 Å². The molecule has 2 atom stereocenters. The Morgan fingerprint density at radius 1 is 1.00 bits per heavy atom.